The van der Waals surface area contributed by atoms with E-state index in [1.165, 1.54) is 0 Å². The van der Waals surface area contributed by atoms with Gasteiger partial charge in [0.05, 0.1) is 6.54 Å². The summed E-state index contributed by atoms with van der Waals surface area (Å²) in [7, 11) is 0. The Morgan fingerprint density at radius 3 is 2.60 bits per heavy atom. The molecular weight excluding hydrogens is 271 g/mol. The molecule has 1 heterocycles. The number of rotatable bonds is 0. The third kappa shape index (κ3) is 3.05. The fourth-order valence-corrected chi connectivity index (χ4v) is 2.09. The van der Waals surface area contributed by atoms with Gasteiger partial charge in [-0.3, -0.25) is 4.90 Å². The van der Waals surface area contributed by atoms with Crippen molar-refractivity contribution in [2.24, 2.45) is 0 Å². The van der Waals surface area contributed by atoms with E-state index in [1.807, 2.05) is 0 Å². The number of benzene rings is 1. The lowest BCUT2D eigenvalue weighted by Crippen LogP contribution is -2.45. The Morgan fingerprint density at radius 1 is 1.35 bits per heavy atom. The van der Waals surface area contributed by atoms with Gasteiger partial charge < -0.3 is 4.74 Å². The maximum Gasteiger partial charge on any atom is 0.410 e. The molecule has 0 unspecified atom stereocenters. The molecule has 1 aromatic carbocycles. The van der Waals surface area contributed by atoms with E-state index in [-0.39, 0.29) is 17.7 Å². The molecule has 0 radical (unpaired) electrons. The van der Waals surface area contributed by atoms with Crippen LogP contribution in [-0.2, 0) is 17.2 Å². The lowest BCUT2D eigenvalue weighted by molar-refractivity contribution is -0.0592. The van der Waals surface area contributed by atoms with Gasteiger partial charge in [0.1, 0.15) is 11.4 Å². The number of nitrogens with zero attached hydrogens (tertiary/aromatic N) is 1. The van der Waals surface area contributed by atoms with Crippen LogP contribution in [0.4, 0.5) is 18.0 Å². The molecule has 20 heavy (non-hydrogen) atoms. The summed E-state index contributed by atoms with van der Waals surface area (Å²) < 4.78 is 46.2. The van der Waals surface area contributed by atoms with Crippen molar-refractivity contribution in [2.75, 3.05) is 6.54 Å². The van der Waals surface area contributed by atoms with Crippen molar-refractivity contribution >= 4 is 6.09 Å². The zero-order chi connectivity index (χ0) is 15.1. The van der Waals surface area contributed by atoms with Crippen LogP contribution in [0.1, 0.15) is 31.9 Å². The number of halogens is 3. The van der Waals surface area contributed by atoms with Crippen LogP contribution in [0.5, 0.6) is 0 Å². The first kappa shape index (κ1) is 14.7. The number of hydrogen-bond donors (Lipinski definition) is 0. The van der Waals surface area contributed by atoms with Crippen LogP contribution in [0.2, 0.25) is 0 Å². The van der Waals surface area contributed by atoms with Crippen molar-refractivity contribution in [3.05, 3.63) is 35.1 Å². The van der Waals surface area contributed by atoms with Gasteiger partial charge in [0.15, 0.2) is 0 Å². The van der Waals surface area contributed by atoms with Crippen LogP contribution in [0.15, 0.2) is 18.2 Å². The van der Waals surface area contributed by atoms with Crippen molar-refractivity contribution in [1.82, 2.24) is 4.90 Å². The molecule has 1 aliphatic heterocycles. The van der Waals surface area contributed by atoms with Crippen molar-refractivity contribution < 1.29 is 22.7 Å². The van der Waals surface area contributed by atoms with Crippen LogP contribution in [0.25, 0.3) is 0 Å². The Kier molecular flexibility index (Phi) is 3.44. The molecule has 6 heteroatoms. The summed E-state index contributed by atoms with van der Waals surface area (Å²) in [5, 5.41) is 0. The first-order chi connectivity index (χ1) is 9.08. The summed E-state index contributed by atoms with van der Waals surface area (Å²) in [5.74, 6) is -3.82. The maximum atomic E-state index is 14.0. The van der Waals surface area contributed by atoms with Gasteiger partial charge in [-0.2, -0.15) is 8.78 Å². The second-order valence-electron chi connectivity index (χ2n) is 5.84. The smallest absolute Gasteiger partial charge is 0.410 e. The molecule has 0 N–H and O–H groups in total. The summed E-state index contributed by atoms with van der Waals surface area (Å²) in [6, 6.07) is 3.09. The molecule has 0 aromatic heterocycles. The molecule has 0 atom stereocenters. The minimum absolute atomic E-state index is 0.0857. The lowest BCUT2D eigenvalue weighted by Gasteiger charge is -2.35. The second kappa shape index (κ2) is 4.68. The van der Waals surface area contributed by atoms with Crippen molar-refractivity contribution in [1.29, 1.82) is 0 Å². The Morgan fingerprint density at radius 2 is 2.00 bits per heavy atom. The van der Waals surface area contributed by atoms with Crippen molar-refractivity contribution in [3.8, 4) is 0 Å². The zero-order valence-electron chi connectivity index (χ0n) is 11.5. The molecule has 1 amide bonds. The molecule has 3 nitrogen and oxygen atoms in total. The molecular formula is C14H16F3NO2. The predicted molar refractivity (Wildman–Crippen MR) is 66.9 cm³/mol. The number of carbonyl (C=O) groups is 1. The molecule has 0 aliphatic carbocycles. The largest absolute Gasteiger partial charge is 0.444 e. The topological polar surface area (TPSA) is 29.5 Å². The lowest BCUT2D eigenvalue weighted by atomic mass is 9.96. The van der Waals surface area contributed by atoms with Crippen molar-refractivity contribution in [2.45, 2.75) is 38.8 Å². The normalized spacial score (nSPS) is 17.6. The highest BCUT2D eigenvalue weighted by atomic mass is 19.3. The number of carbonyl (C=O) groups excluding carboxylic acids is 1. The fraction of sp³-hybridized carbons (Fsp3) is 0.500. The van der Waals surface area contributed by atoms with Gasteiger partial charge in [-0.05, 0) is 44.5 Å². The zero-order valence-corrected chi connectivity index (χ0v) is 11.5. The van der Waals surface area contributed by atoms with E-state index in [2.05, 4.69) is 0 Å². The molecule has 0 saturated carbocycles. The Hall–Kier alpha value is -1.72. The van der Waals surface area contributed by atoms with Crippen LogP contribution >= 0.6 is 0 Å². The molecule has 2 rings (SSSR count). The number of hydrogen-bond acceptors (Lipinski definition) is 2. The highest BCUT2D eigenvalue weighted by molar-refractivity contribution is 5.69. The van der Waals surface area contributed by atoms with E-state index < -0.39 is 30.0 Å². The summed E-state index contributed by atoms with van der Waals surface area (Å²) in [4.78, 5) is 12.8. The highest BCUT2D eigenvalue weighted by Crippen LogP contribution is 2.37. The molecule has 0 fully saturated rings. The molecule has 1 aliphatic rings. The van der Waals surface area contributed by atoms with Gasteiger partial charge in [0, 0.05) is 12.1 Å². The van der Waals surface area contributed by atoms with E-state index in [0.29, 0.717) is 0 Å². The summed E-state index contributed by atoms with van der Waals surface area (Å²) in [6.45, 7) is 4.11. The molecule has 110 valence electrons. The number of alkyl halides is 2. The monoisotopic (exact) mass is 287 g/mol. The molecule has 0 bridgehead atoms. The highest BCUT2D eigenvalue weighted by Gasteiger charge is 2.42. The SMILES string of the molecule is CC(C)(C)OC(=O)N1Cc2cc(F)ccc2C(F)(F)C1. The Bertz CT molecular complexity index is 538. The standard InChI is InChI=1S/C14H16F3NO2/c1-13(2,3)20-12(19)18-7-9-6-10(15)4-5-11(9)14(16,17)8-18/h4-6H,7-8H2,1-3H3. The van der Waals surface area contributed by atoms with Gasteiger partial charge in [-0.1, -0.05) is 0 Å². The summed E-state index contributed by atoms with van der Waals surface area (Å²) in [5.41, 5.74) is -0.903. The van der Waals surface area contributed by atoms with Gasteiger partial charge in [0.2, 0.25) is 0 Å². The van der Waals surface area contributed by atoms with Crippen LogP contribution in [-0.4, -0.2) is 23.1 Å². The first-order valence-corrected chi connectivity index (χ1v) is 6.23. The average molecular weight is 287 g/mol. The number of amides is 1. The summed E-state index contributed by atoms with van der Waals surface area (Å²) >= 11 is 0. The quantitative estimate of drug-likeness (QED) is 0.728. The van der Waals surface area contributed by atoms with Gasteiger partial charge >= 0.3 is 6.09 Å². The van der Waals surface area contributed by atoms with E-state index in [1.54, 1.807) is 20.8 Å². The van der Waals surface area contributed by atoms with Crippen LogP contribution in [0.3, 0.4) is 0 Å². The number of fused-ring (bicyclic) bond motifs is 1. The minimum atomic E-state index is -3.21. The van der Waals surface area contributed by atoms with E-state index in [0.717, 1.165) is 23.1 Å². The van der Waals surface area contributed by atoms with E-state index >= 15 is 0 Å². The Balaban J connectivity index is 2.28. The molecule has 0 spiro atoms. The van der Waals surface area contributed by atoms with Crippen LogP contribution in [0, 0.1) is 5.82 Å². The third-order valence-corrected chi connectivity index (χ3v) is 2.86. The molecule has 1 aromatic rings. The Labute approximate surface area is 115 Å². The average Bonchev–Trinajstić information content (AvgIpc) is 2.24. The predicted octanol–water partition coefficient (Wildman–Crippen LogP) is 3.67. The third-order valence-electron chi connectivity index (χ3n) is 2.86. The van der Waals surface area contributed by atoms with Crippen LogP contribution < -0.4 is 0 Å². The van der Waals surface area contributed by atoms with Crippen molar-refractivity contribution in [3.63, 3.8) is 0 Å². The maximum absolute atomic E-state index is 14.0. The second-order valence-corrected chi connectivity index (χ2v) is 5.84. The fourth-order valence-electron chi connectivity index (χ4n) is 2.09. The first-order valence-electron chi connectivity index (χ1n) is 6.23. The van der Waals surface area contributed by atoms with E-state index in [4.69, 9.17) is 4.74 Å². The van der Waals surface area contributed by atoms with E-state index in [9.17, 15) is 18.0 Å². The molecule has 0 saturated heterocycles. The van der Waals surface area contributed by atoms with Gasteiger partial charge in [0.25, 0.3) is 5.92 Å². The minimum Gasteiger partial charge on any atom is -0.444 e. The number of ether oxygens (including phenoxy) is 1. The van der Waals surface area contributed by atoms with Gasteiger partial charge in [-0.15, -0.1) is 0 Å². The summed E-state index contributed by atoms with van der Waals surface area (Å²) in [6.07, 6.45) is -0.827. The van der Waals surface area contributed by atoms with Gasteiger partial charge in [-0.25, -0.2) is 9.18 Å².